The van der Waals surface area contributed by atoms with Gasteiger partial charge in [0.1, 0.15) is 0 Å². The Morgan fingerprint density at radius 3 is 1.68 bits per heavy atom. The fraction of sp³-hybridized carbons (Fsp3) is 0.0462. The Morgan fingerprint density at radius 1 is 0.338 bits per heavy atom. The number of benzene rings is 11. The van der Waals surface area contributed by atoms with E-state index in [1.807, 2.05) is 0 Å². The molecule has 13 rings (SSSR count). The summed E-state index contributed by atoms with van der Waals surface area (Å²) < 4.78 is 7.00. The van der Waals surface area contributed by atoms with Crippen LogP contribution in [0.15, 0.2) is 243 Å². The molecule has 3 nitrogen and oxygen atoms in total. The molecule has 0 bridgehead atoms. The fourth-order valence-corrected chi connectivity index (χ4v) is 11.0. The smallest absolute Gasteiger partial charge is 0.159 e. The van der Waals surface area contributed by atoms with Crippen LogP contribution in [0, 0.1) is 13.8 Å². The van der Waals surface area contributed by atoms with E-state index < -0.39 is 5.41 Å². The van der Waals surface area contributed by atoms with Gasteiger partial charge >= 0.3 is 0 Å². The third kappa shape index (κ3) is 6.20. The van der Waals surface area contributed by atoms with Crippen LogP contribution >= 0.6 is 0 Å². The van der Waals surface area contributed by atoms with Crippen molar-refractivity contribution in [3.63, 3.8) is 0 Å². The topological polar surface area (TPSA) is 15.7 Å². The van der Waals surface area contributed by atoms with Crippen LogP contribution in [0.5, 0.6) is 11.5 Å². The molecule has 3 heteroatoms. The van der Waals surface area contributed by atoms with Gasteiger partial charge in [-0.05, 0) is 124 Å². The summed E-state index contributed by atoms with van der Waals surface area (Å²) >= 11 is 0. The van der Waals surface area contributed by atoms with Crippen molar-refractivity contribution in [3.8, 4) is 33.8 Å². The van der Waals surface area contributed by atoms with E-state index in [4.69, 9.17) is 4.74 Å². The first-order valence-corrected chi connectivity index (χ1v) is 23.5. The standard InChI is InChI=1S/C65H46N2O/c1-43-26-33-51(34-27-43)65(52-35-28-44(2)29-36-52)56-23-10-11-24-59(56)67(58-25-13-18-46-16-6-8-21-54(46)58)60-37-31-49(41-57(60)65)50-32-39-63-62(42-50)66(53-20-12-19-48(40-53)45-14-4-3-5-15-45)61-38-30-47-17-7-9-22-55(47)64(61)68-63/h3-42H,1-2H3. The van der Waals surface area contributed by atoms with Crippen LogP contribution in [0.25, 0.3) is 43.8 Å². The second-order valence-corrected chi connectivity index (χ2v) is 18.2. The van der Waals surface area contributed by atoms with Crippen LogP contribution in [-0.2, 0) is 5.41 Å². The van der Waals surface area contributed by atoms with Crippen molar-refractivity contribution in [3.05, 3.63) is 276 Å². The molecule has 0 N–H and O–H groups in total. The molecule has 0 spiro atoms. The molecule has 0 aromatic heterocycles. The molecule has 0 saturated heterocycles. The van der Waals surface area contributed by atoms with Gasteiger partial charge in [-0.2, -0.15) is 0 Å². The van der Waals surface area contributed by atoms with Crippen molar-refractivity contribution in [2.24, 2.45) is 0 Å². The first-order valence-electron chi connectivity index (χ1n) is 23.5. The molecule has 0 saturated carbocycles. The Morgan fingerprint density at radius 2 is 0.897 bits per heavy atom. The summed E-state index contributed by atoms with van der Waals surface area (Å²) in [6.45, 7) is 4.35. The van der Waals surface area contributed by atoms with Crippen molar-refractivity contribution in [2.75, 3.05) is 9.80 Å². The van der Waals surface area contributed by atoms with Crippen LogP contribution in [0.2, 0.25) is 0 Å². The van der Waals surface area contributed by atoms with E-state index in [-0.39, 0.29) is 0 Å². The zero-order chi connectivity index (χ0) is 45.3. The van der Waals surface area contributed by atoms with Gasteiger partial charge in [0.25, 0.3) is 0 Å². The number of rotatable bonds is 6. The molecule has 0 fully saturated rings. The second-order valence-electron chi connectivity index (χ2n) is 18.2. The zero-order valence-corrected chi connectivity index (χ0v) is 37.9. The molecule has 2 heterocycles. The lowest BCUT2D eigenvalue weighted by atomic mass is 9.62. The minimum atomic E-state index is -0.661. The molecule has 0 atom stereocenters. The number of anilines is 6. The molecule has 2 aliphatic rings. The number of ether oxygens (including phenoxy) is 1. The largest absolute Gasteiger partial charge is 0.452 e. The molecule has 68 heavy (non-hydrogen) atoms. The van der Waals surface area contributed by atoms with E-state index in [1.54, 1.807) is 0 Å². The lowest BCUT2D eigenvalue weighted by molar-refractivity contribution is 0.482. The van der Waals surface area contributed by atoms with Gasteiger partial charge in [-0.15, -0.1) is 0 Å². The maximum absolute atomic E-state index is 7.00. The van der Waals surface area contributed by atoms with E-state index in [2.05, 4.69) is 266 Å². The van der Waals surface area contributed by atoms with Crippen LogP contribution in [-0.4, -0.2) is 0 Å². The number of aryl methyl sites for hydroxylation is 2. The van der Waals surface area contributed by atoms with Crippen molar-refractivity contribution in [2.45, 2.75) is 19.3 Å². The van der Waals surface area contributed by atoms with Crippen LogP contribution in [0.1, 0.15) is 33.4 Å². The molecule has 322 valence electrons. The highest BCUT2D eigenvalue weighted by molar-refractivity contribution is 6.03. The monoisotopic (exact) mass is 870 g/mol. The lowest BCUT2D eigenvalue weighted by Gasteiger charge is -2.47. The zero-order valence-electron chi connectivity index (χ0n) is 37.9. The predicted molar refractivity (Wildman–Crippen MR) is 283 cm³/mol. The first-order chi connectivity index (χ1) is 33.5. The second kappa shape index (κ2) is 15.8. The quantitative estimate of drug-likeness (QED) is 0.166. The van der Waals surface area contributed by atoms with E-state index in [0.29, 0.717) is 0 Å². The van der Waals surface area contributed by atoms with E-state index in [1.165, 1.54) is 49.7 Å². The number of hydrogen-bond donors (Lipinski definition) is 0. The van der Waals surface area contributed by atoms with Gasteiger partial charge in [0.05, 0.1) is 33.9 Å². The summed E-state index contributed by atoms with van der Waals surface area (Å²) in [5, 5.41) is 4.64. The molecular weight excluding hydrogens is 825 g/mol. The van der Waals surface area contributed by atoms with Crippen molar-refractivity contribution in [1.29, 1.82) is 0 Å². The van der Waals surface area contributed by atoms with E-state index >= 15 is 0 Å². The normalized spacial score (nSPS) is 13.3. The molecule has 2 aliphatic heterocycles. The molecular formula is C65H46N2O. The SMILES string of the molecule is Cc1ccc(C2(c3ccc(C)cc3)c3ccccc3N(c3cccc4ccccc34)c3ccc(-c4ccc5c(c4)N(c4cccc(-c6ccccc6)c4)c4ccc6ccccc6c4O5)cc32)cc1. The Balaban J connectivity index is 1.06. The van der Waals surface area contributed by atoms with Gasteiger partial charge in [-0.3, -0.25) is 0 Å². The van der Waals surface area contributed by atoms with Crippen LogP contribution in [0.4, 0.5) is 34.1 Å². The van der Waals surface area contributed by atoms with Gasteiger partial charge in [-0.1, -0.05) is 199 Å². The Bertz CT molecular complexity index is 3690. The first kappa shape index (κ1) is 39.7. The van der Waals surface area contributed by atoms with Gasteiger partial charge in [0.2, 0.25) is 0 Å². The van der Waals surface area contributed by atoms with Crippen LogP contribution < -0.4 is 14.5 Å². The highest BCUT2D eigenvalue weighted by Gasteiger charge is 2.47. The van der Waals surface area contributed by atoms with E-state index in [0.717, 1.165) is 73.1 Å². The minimum Gasteiger partial charge on any atom is -0.452 e. The van der Waals surface area contributed by atoms with Crippen molar-refractivity contribution < 1.29 is 4.74 Å². The molecule has 0 amide bonds. The highest BCUT2D eigenvalue weighted by Crippen LogP contribution is 2.60. The summed E-state index contributed by atoms with van der Waals surface area (Å²) in [5.41, 5.74) is 17.8. The predicted octanol–water partition coefficient (Wildman–Crippen LogP) is 17.7. The Labute approximate surface area is 397 Å². The van der Waals surface area contributed by atoms with Gasteiger partial charge in [0, 0.05) is 16.5 Å². The average Bonchev–Trinajstić information content (AvgIpc) is 3.40. The van der Waals surface area contributed by atoms with E-state index in [9.17, 15) is 0 Å². The minimum absolute atomic E-state index is 0.661. The van der Waals surface area contributed by atoms with Gasteiger partial charge < -0.3 is 14.5 Å². The molecule has 0 aliphatic carbocycles. The number of para-hydroxylation sites is 1. The third-order valence-electron chi connectivity index (χ3n) is 14.2. The summed E-state index contributed by atoms with van der Waals surface area (Å²) in [7, 11) is 0. The summed E-state index contributed by atoms with van der Waals surface area (Å²) in [5.74, 6) is 1.67. The highest BCUT2D eigenvalue weighted by atomic mass is 16.5. The summed E-state index contributed by atoms with van der Waals surface area (Å²) in [6.07, 6.45) is 0. The van der Waals surface area contributed by atoms with Gasteiger partial charge in [-0.25, -0.2) is 0 Å². The summed E-state index contributed by atoms with van der Waals surface area (Å²) in [6, 6.07) is 89.1. The van der Waals surface area contributed by atoms with Crippen molar-refractivity contribution in [1.82, 2.24) is 0 Å². The van der Waals surface area contributed by atoms with Crippen LogP contribution in [0.3, 0.4) is 0 Å². The molecule has 11 aromatic carbocycles. The molecule has 11 aromatic rings. The van der Waals surface area contributed by atoms with Gasteiger partial charge in [0.15, 0.2) is 11.5 Å². The average molecular weight is 871 g/mol. The maximum atomic E-state index is 7.00. The lowest BCUT2D eigenvalue weighted by Crippen LogP contribution is -2.37. The molecule has 0 unspecified atom stereocenters. The number of hydrogen-bond acceptors (Lipinski definition) is 3. The fourth-order valence-electron chi connectivity index (χ4n) is 11.0. The van der Waals surface area contributed by atoms with Crippen molar-refractivity contribution >= 4 is 55.7 Å². The Hall–Kier alpha value is -8.66. The number of nitrogens with zero attached hydrogens (tertiary/aromatic N) is 2. The maximum Gasteiger partial charge on any atom is 0.159 e. The summed E-state index contributed by atoms with van der Waals surface area (Å²) in [4.78, 5) is 4.89. The Kier molecular flexibility index (Phi) is 9.19. The molecule has 0 radical (unpaired) electrons. The third-order valence-corrected chi connectivity index (χ3v) is 14.2. The number of fused-ring (bicyclic) bond motifs is 7.